The number of rotatable bonds is 4. The Balaban J connectivity index is 1.95. The van der Waals surface area contributed by atoms with E-state index in [-0.39, 0.29) is 0 Å². The summed E-state index contributed by atoms with van der Waals surface area (Å²) in [7, 11) is 0. The van der Waals surface area contributed by atoms with Gasteiger partial charge in [0, 0.05) is 16.8 Å². The van der Waals surface area contributed by atoms with Crippen LogP contribution in [0.3, 0.4) is 0 Å². The summed E-state index contributed by atoms with van der Waals surface area (Å²) in [6.45, 7) is 2.08. The van der Waals surface area contributed by atoms with Crippen molar-refractivity contribution in [3.63, 3.8) is 0 Å². The molecule has 0 amide bonds. The number of hydrogen-bond acceptors (Lipinski definition) is 3. The maximum atomic E-state index is 5.88. The quantitative estimate of drug-likeness (QED) is 0.839. The van der Waals surface area contributed by atoms with Gasteiger partial charge in [-0.1, -0.05) is 18.2 Å². The SMILES string of the molecule is Cc1ccnc(N)c1CCSc1ccccc1. The first-order valence-electron chi connectivity index (χ1n) is 5.65. The minimum Gasteiger partial charge on any atom is -0.383 e. The molecule has 1 heterocycles. The Morgan fingerprint density at radius 2 is 1.94 bits per heavy atom. The highest BCUT2D eigenvalue weighted by molar-refractivity contribution is 7.99. The molecule has 2 aromatic rings. The van der Waals surface area contributed by atoms with Crippen molar-refractivity contribution in [2.24, 2.45) is 0 Å². The van der Waals surface area contributed by atoms with Crippen LogP contribution in [0, 0.1) is 6.92 Å². The van der Waals surface area contributed by atoms with Crippen molar-refractivity contribution in [2.75, 3.05) is 11.5 Å². The number of thioether (sulfide) groups is 1. The molecular weight excluding hydrogens is 228 g/mol. The predicted octanol–water partition coefficient (Wildman–Crippen LogP) is 3.31. The summed E-state index contributed by atoms with van der Waals surface area (Å²) in [6, 6.07) is 12.4. The lowest BCUT2D eigenvalue weighted by atomic mass is 10.1. The second-order valence-corrected chi connectivity index (χ2v) is 5.07. The summed E-state index contributed by atoms with van der Waals surface area (Å²) < 4.78 is 0. The molecular formula is C14H16N2S. The first-order chi connectivity index (χ1) is 8.27. The lowest BCUT2D eigenvalue weighted by Crippen LogP contribution is -2.01. The Labute approximate surface area is 106 Å². The van der Waals surface area contributed by atoms with Gasteiger partial charge in [-0.15, -0.1) is 11.8 Å². The molecule has 0 aliphatic carbocycles. The predicted molar refractivity (Wildman–Crippen MR) is 74.3 cm³/mol. The van der Waals surface area contributed by atoms with Crippen LogP contribution in [0.15, 0.2) is 47.5 Å². The highest BCUT2D eigenvalue weighted by Crippen LogP contribution is 2.21. The molecule has 2 nitrogen and oxygen atoms in total. The first kappa shape index (κ1) is 12.0. The van der Waals surface area contributed by atoms with Crippen LogP contribution >= 0.6 is 11.8 Å². The summed E-state index contributed by atoms with van der Waals surface area (Å²) in [5.41, 5.74) is 8.29. The molecule has 0 bridgehead atoms. The molecule has 0 aliphatic heterocycles. The van der Waals surface area contributed by atoms with E-state index in [0.717, 1.165) is 12.2 Å². The van der Waals surface area contributed by atoms with Gasteiger partial charge in [0.2, 0.25) is 0 Å². The van der Waals surface area contributed by atoms with Gasteiger partial charge < -0.3 is 5.73 Å². The number of nitrogens with zero attached hydrogens (tertiary/aromatic N) is 1. The number of anilines is 1. The number of pyridine rings is 1. The highest BCUT2D eigenvalue weighted by atomic mass is 32.2. The van der Waals surface area contributed by atoms with E-state index in [4.69, 9.17) is 5.73 Å². The molecule has 1 aromatic carbocycles. The molecule has 0 fully saturated rings. The summed E-state index contributed by atoms with van der Waals surface area (Å²) in [4.78, 5) is 5.43. The third kappa shape index (κ3) is 3.24. The van der Waals surface area contributed by atoms with Gasteiger partial charge in [0.15, 0.2) is 0 Å². The summed E-state index contributed by atoms with van der Waals surface area (Å²) in [5.74, 6) is 1.69. The van der Waals surface area contributed by atoms with Gasteiger partial charge >= 0.3 is 0 Å². The van der Waals surface area contributed by atoms with Crippen molar-refractivity contribution < 1.29 is 0 Å². The Morgan fingerprint density at radius 3 is 2.65 bits per heavy atom. The Kier molecular flexibility index (Phi) is 4.04. The van der Waals surface area contributed by atoms with Crippen LogP contribution in [-0.4, -0.2) is 10.7 Å². The van der Waals surface area contributed by atoms with E-state index in [9.17, 15) is 0 Å². The van der Waals surface area contributed by atoms with Crippen molar-refractivity contribution in [2.45, 2.75) is 18.2 Å². The molecule has 2 N–H and O–H groups in total. The fourth-order valence-electron chi connectivity index (χ4n) is 1.72. The smallest absolute Gasteiger partial charge is 0.126 e. The molecule has 0 atom stereocenters. The van der Waals surface area contributed by atoms with E-state index in [2.05, 4.69) is 36.2 Å². The average molecular weight is 244 g/mol. The topological polar surface area (TPSA) is 38.9 Å². The van der Waals surface area contributed by atoms with Crippen molar-refractivity contribution in [3.8, 4) is 0 Å². The number of nitrogen functional groups attached to an aromatic ring is 1. The number of nitrogens with two attached hydrogens (primary N) is 1. The summed E-state index contributed by atoms with van der Waals surface area (Å²) in [6.07, 6.45) is 2.73. The molecule has 2 rings (SSSR count). The van der Waals surface area contributed by atoms with E-state index < -0.39 is 0 Å². The molecule has 0 spiro atoms. The van der Waals surface area contributed by atoms with Gasteiger partial charge in [-0.2, -0.15) is 0 Å². The van der Waals surface area contributed by atoms with Crippen LogP contribution in [0.5, 0.6) is 0 Å². The van der Waals surface area contributed by atoms with Crippen molar-refractivity contribution >= 4 is 17.6 Å². The molecule has 0 radical (unpaired) electrons. The standard InChI is InChI=1S/C14H16N2S/c1-11-7-9-16-14(15)13(11)8-10-17-12-5-3-2-4-6-12/h2-7,9H,8,10H2,1H3,(H2,15,16). The average Bonchev–Trinajstić information content (AvgIpc) is 2.34. The second kappa shape index (κ2) is 5.73. The fraction of sp³-hybridized carbons (Fsp3) is 0.214. The third-order valence-corrected chi connectivity index (χ3v) is 3.70. The van der Waals surface area contributed by atoms with E-state index in [1.54, 1.807) is 6.20 Å². The lowest BCUT2D eigenvalue weighted by molar-refractivity contribution is 1.09. The highest BCUT2D eigenvalue weighted by Gasteiger charge is 2.04. The monoisotopic (exact) mass is 244 g/mol. The molecule has 0 aliphatic rings. The molecule has 1 aromatic heterocycles. The Morgan fingerprint density at radius 1 is 1.18 bits per heavy atom. The normalized spacial score (nSPS) is 10.4. The number of hydrogen-bond donors (Lipinski definition) is 1. The van der Waals surface area contributed by atoms with Crippen molar-refractivity contribution in [1.29, 1.82) is 0 Å². The molecule has 0 saturated heterocycles. The zero-order valence-electron chi connectivity index (χ0n) is 9.89. The van der Waals surface area contributed by atoms with E-state index in [1.165, 1.54) is 16.0 Å². The van der Waals surface area contributed by atoms with Crippen molar-refractivity contribution in [3.05, 3.63) is 53.7 Å². The van der Waals surface area contributed by atoms with Crippen LogP contribution in [0.2, 0.25) is 0 Å². The third-order valence-electron chi connectivity index (χ3n) is 2.69. The zero-order valence-corrected chi connectivity index (χ0v) is 10.7. The van der Waals surface area contributed by atoms with Gasteiger partial charge in [-0.25, -0.2) is 4.98 Å². The van der Waals surface area contributed by atoms with Gasteiger partial charge in [0.25, 0.3) is 0 Å². The maximum Gasteiger partial charge on any atom is 0.126 e. The van der Waals surface area contributed by atoms with E-state index in [1.807, 2.05) is 23.9 Å². The maximum absolute atomic E-state index is 5.88. The first-order valence-corrected chi connectivity index (χ1v) is 6.64. The van der Waals surface area contributed by atoms with E-state index in [0.29, 0.717) is 5.82 Å². The zero-order chi connectivity index (χ0) is 12.1. The Bertz CT molecular complexity index is 463. The van der Waals surface area contributed by atoms with E-state index >= 15 is 0 Å². The van der Waals surface area contributed by atoms with Gasteiger partial charge in [-0.3, -0.25) is 0 Å². The molecule has 0 saturated carbocycles. The van der Waals surface area contributed by atoms with Crippen LogP contribution in [-0.2, 0) is 6.42 Å². The fourth-order valence-corrected chi connectivity index (χ4v) is 2.61. The van der Waals surface area contributed by atoms with Crippen LogP contribution in [0.4, 0.5) is 5.82 Å². The second-order valence-electron chi connectivity index (χ2n) is 3.90. The number of aromatic nitrogens is 1. The minimum absolute atomic E-state index is 0.665. The van der Waals surface area contributed by atoms with Gasteiger partial charge in [0.05, 0.1) is 0 Å². The van der Waals surface area contributed by atoms with Crippen LogP contribution in [0.1, 0.15) is 11.1 Å². The number of aryl methyl sites for hydroxylation is 1. The van der Waals surface area contributed by atoms with Gasteiger partial charge in [0.1, 0.15) is 5.82 Å². The van der Waals surface area contributed by atoms with Crippen LogP contribution in [0.25, 0.3) is 0 Å². The molecule has 88 valence electrons. The van der Waals surface area contributed by atoms with Crippen molar-refractivity contribution in [1.82, 2.24) is 4.98 Å². The van der Waals surface area contributed by atoms with Crippen LogP contribution < -0.4 is 5.73 Å². The minimum atomic E-state index is 0.665. The number of benzene rings is 1. The summed E-state index contributed by atoms with van der Waals surface area (Å²) in [5, 5.41) is 0. The molecule has 17 heavy (non-hydrogen) atoms. The van der Waals surface area contributed by atoms with Gasteiger partial charge in [-0.05, 0) is 42.7 Å². The molecule has 0 unspecified atom stereocenters. The summed E-state index contributed by atoms with van der Waals surface area (Å²) >= 11 is 1.85. The Hall–Kier alpha value is -1.48. The molecule has 3 heteroatoms. The largest absolute Gasteiger partial charge is 0.383 e. The lowest BCUT2D eigenvalue weighted by Gasteiger charge is -2.07.